The van der Waals surface area contributed by atoms with Crippen LogP contribution < -0.4 is 5.32 Å². The summed E-state index contributed by atoms with van der Waals surface area (Å²) >= 11 is 0. The highest BCUT2D eigenvalue weighted by molar-refractivity contribution is 5.92. The van der Waals surface area contributed by atoms with Gasteiger partial charge in [0.25, 0.3) is 5.91 Å². The fourth-order valence-electron chi connectivity index (χ4n) is 3.62. The van der Waals surface area contributed by atoms with Gasteiger partial charge >= 0.3 is 0 Å². The summed E-state index contributed by atoms with van der Waals surface area (Å²) in [4.78, 5) is 19.4. The number of likely N-dealkylation sites (tertiary alicyclic amines) is 1. The molecule has 1 saturated heterocycles. The molecule has 0 radical (unpaired) electrons. The number of aryl methyl sites for hydroxylation is 2. The normalized spacial score (nSPS) is 16.8. The lowest BCUT2D eigenvalue weighted by Gasteiger charge is -2.31. The zero-order valence-electron chi connectivity index (χ0n) is 15.8. The van der Waals surface area contributed by atoms with Gasteiger partial charge in [0.2, 0.25) is 5.76 Å². The third kappa shape index (κ3) is 4.52. The summed E-state index contributed by atoms with van der Waals surface area (Å²) < 4.78 is 5.59. The summed E-state index contributed by atoms with van der Waals surface area (Å²) in [7, 11) is 0. The number of benzene rings is 1. The molecule has 1 fully saturated rings. The summed E-state index contributed by atoms with van der Waals surface area (Å²) in [5.74, 6) is 0.773. The van der Waals surface area contributed by atoms with E-state index < -0.39 is 0 Å². The lowest BCUT2D eigenvalue weighted by Crippen LogP contribution is -2.38. The summed E-state index contributed by atoms with van der Waals surface area (Å²) in [5.41, 5.74) is 1.91. The molecule has 140 valence electrons. The Bertz CT molecular complexity index is 703. The Labute approximate surface area is 155 Å². The molecule has 26 heavy (non-hydrogen) atoms. The topological polar surface area (TPSA) is 58.4 Å². The van der Waals surface area contributed by atoms with Gasteiger partial charge in [-0.05, 0) is 38.4 Å². The number of rotatable bonds is 6. The highest BCUT2D eigenvalue weighted by Gasteiger charge is 2.24. The highest BCUT2D eigenvalue weighted by atomic mass is 16.4. The second kappa shape index (κ2) is 8.99. The lowest BCUT2D eigenvalue weighted by atomic mass is 10.0. The van der Waals surface area contributed by atoms with Gasteiger partial charge in [-0.2, -0.15) is 0 Å². The van der Waals surface area contributed by atoms with Crippen LogP contribution in [0.1, 0.15) is 66.4 Å². The third-order valence-corrected chi connectivity index (χ3v) is 5.07. The van der Waals surface area contributed by atoms with Crippen molar-refractivity contribution in [3.8, 4) is 0 Å². The fourth-order valence-corrected chi connectivity index (χ4v) is 3.62. The molecule has 0 saturated carbocycles. The number of oxazole rings is 1. The Morgan fingerprint density at radius 1 is 1.19 bits per heavy atom. The molecule has 0 aliphatic carbocycles. The van der Waals surface area contributed by atoms with Crippen LogP contribution in [0, 0.1) is 6.92 Å². The number of hydrogen-bond donors (Lipinski definition) is 1. The van der Waals surface area contributed by atoms with Gasteiger partial charge in [-0.1, -0.05) is 50.1 Å². The second-order valence-electron chi connectivity index (χ2n) is 6.96. The smallest absolute Gasteiger partial charge is 0.289 e. The predicted molar refractivity (Wildman–Crippen MR) is 102 cm³/mol. The van der Waals surface area contributed by atoms with E-state index in [2.05, 4.69) is 39.5 Å². The van der Waals surface area contributed by atoms with Gasteiger partial charge in [-0.25, -0.2) is 4.98 Å². The minimum atomic E-state index is -0.176. The average Bonchev–Trinajstić information content (AvgIpc) is 2.86. The minimum absolute atomic E-state index is 0.176. The molecule has 5 heteroatoms. The van der Waals surface area contributed by atoms with E-state index in [1.165, 1.54) is 31.2 Å². The Hall–Kier alpha value is -2.14. The molecular formula is C21H29N3O2. The van der Waals surface area contributed by atoms with E-state index in [9.17, 15) is 4.79 Å². The zero-order valence-corrected chi connectivity index (χ0v) is 15.8. The molecule has 1 amide bonds. The maximum Gasteiger partial charge on any atom is 0.289 e. The van der Waals surface area contributed by atoms with Gasteiger partial charge in [0.15, 0.2) is 5.89 Å². The molecule has 1 aliphatic rings. The molecule has 0 spiro atoms. The van der Waals surface area contributed by atoms with Crippen molar-refractivity contribution in [3.05, 3.63) is 53.2 Å². The number of aromatic nitrogens is 1. The van der Waals surface area contributed by atoms with E-state index >= 15 is 0 Å². The Morgan fingerprint density at radius 3 is 2.50 bits per heavy atom. The van der Waals surface area contributed by atoms with Crippen LogP contribution in [0.3, 0.4) is 0 Å². The summed E-state index contributed by atoms with van der Waals surface area (Å²) in [6.45, 7) is 6.52. The van der Waals surface area contributed by atoms with Crippen molar-refractivity contribution in [2.45, 2.75) is 52.0 Å². The molecule has 1 N–H and O–H groups in total. The van der Waals surface area contributed by atoms with E-state index in [1.54, 1.807) is 0 Å². The lowest BCUT2D eigenvalue weighted by molar-refractivity contribution is 0.0903. The van der Waals surface area contributed by atoms with Crippen LogP contribution in [-0.2, 0) is 6.42 Å². The van der Waals surface area contributed by atoms with Crippen LogP contribution in [0.4, 0.5) is 0 Å². The largest absolute Gasteiger partial charge is 0.435 e. The molecule has 1 aromatic heterocycles. The first kappa shape index (κ1) is 18.6. The van der Waals surface area contributed by atoms with Crippen molar-refractivity contribution in [3.63, 3.8) is 0 Å². The van der Waals surface area contributed by atoms with Crippen molar-refractivity contribution >= 4 is 5.91 Å². The minimum Gasteiger partial charge on any atom is -0.435 e. The number of nitrogens with one attached hydrogen (secondary N) is 1. The Morgan fingerprint density at radius 2 is 1.88 bits per heavy atom. The number of carbonyl (C=O) groups excluding carboxylic acids is 1. The van der Waals surface area contributed by atoms with Crippen molar-refractivity contribution < 1.29 is 9.21 Å². The molecule has 2 aromatic rings. The van der Waals surface area contributed by atoms with Crippen LogP contribution in [-0.4, -0.2) is 35.4 Å². The molecular weight excluding hydrogens is 326 g/mol. The van der Waals surface area contributed by atoms with Gasteiger partial charge in [-0.15, -0.1) is 0 Å². The van der Waals surface area contributed by atoms with E-state index in [4.69, 9.17) is 4.42 Å². The first-order valence-corrected chi connectivity index (χ1v) is 9.72. The number of carbonyl (C=O) groups is 1. The number of hydrogen-bond acceptors (Lipinski definition) is 4. The molecule has 2 heterocycles. The second-order valence-corrected chi connectivity index (χ2v) is 6.96. The maximum atomic E-state index is 12.6. The van der Waals surface area contributed by atoms with Crippen LogP contribution in [0.5, 0.6) is 0 Å². The summed E-state index contributed by atoms with van der Waals surface area (Å²) in [5, 5.41) is 3.08. The van der Waals surface area contributed by atoms with E-state index in [1.807, 2.05) is 19.9 Å². The van der Waals surface area contributed by atoms with Gasteiger partial charge in [0.1, 0.15) is 0 Å². The SMILES string of the molecule is CCc1nc(C)c(C(=O)NCC(c2ccccc2)N2CCCCCC2)o1. The molecule has 1 aliphatic heterocycles. The van der Waals surface area contributed by atoms with Gasteiger partial charge in [0, 0.05) is 13.0 Å². The highest BCUT2D eigenvalue weighted by Crippen LogP contribution is 2.24. The Kier molecular flexibility index (Phi) is 6.45. The standard InChI is InChI=1S/C21H29N3O2/c1-3-19-23-16(2)20(26-19)21(25)22-15-18(17-11-7-6-8-12-17)24-13-9-4-5-10-14-24/h6-8,11-12,18H,3-5,9-10,13-15H2,1-2H3,(H,22,25). The Balaban J connectivity index is 1.72. The van der Waals surface area contributed by atoms with Crippen molar-refractivity contribution in [2.24, 2.45) is 0 Å². The summed E-state index contributed by atoms with van der Waals surface area (Å²) in [6.07, 6.45) is 5.72. The first-order valence-electron chi connectivity index (χ1n) is 9.72. The molecule has 1 unspecified atom stereocenters. The van der Waals surface area contributed by atoms with Gasteiger partial charge < -0.3 is 9.73 Å². The van der Waals surface area contributed by atoms with Crippen molar-refractivity contribution in [1.82, 2.24) is 15.2 Å². The van der Waals surface area contributed by atoms with Crippen molar-refractivity contribution in [2.75, 3.05) is 19.6 Å². The molecule has 1 atom stereocenters. The zero-order chi connectivity index (χ0) is 18.4. The first-order chi connectivity index (χ1) is 12.7. The number of amides is 1. The number of nitrogens with zero attached hydrogens (tertiary/aromatic N) is 2. The van der Waals surface area contributed by atoms with Crippen molar-refractivity contribution in [1.29, 1.82) is 0 Å². The summed E-state index contributed by atoms with van der Waals surface area (Å²) in [6, 6.07) is 10.7. The maximum absolute atomic E-state index is 12.6. The third-order valence-electron chi connectivity index (χ3n) is 5.07. The monoisotopic (exact) mass is 355 g/mol. The molecule has 0 bridgehead atoms. The van der Waals surface area contributed by atoms with Crippen LogP contribution >= 0.6 is 0 Å². The van der Waals surface area contributed by atoms with E-state index in [0.29, 0.717) is 30.3 Å². The van der Waals surface area contributed by atoms with Crippen LogP contribution in [0.25, 0.3) is 0 Å². The van der Waals surface area contributed by atoms with Gasteiger partial charge in [0.05, 0.1) is 11.7 Å². The molecule has 3 rings (SSSR count). The predicted octanol–water partition coefficient (Wildman–Crippen LogP) is 3.89. The quantitative estimate of drug-likeness (QED) is 0.854. The van der Waals surface area contributed by atoms with Crippen LogP contribution in [0.2, 0.25) is 0 Å². The van der Waals surface area contributed by atoms with Crippen LogP contribution in [0.15, 0.2) is 34.7 Å². The van der Waals surface area contributed by atoms with Gasteiger partial charge in [-0.3, -0.25) is 9.69 Å². The fraction of sp³-hybridized carbons (Fsp3) is 0.524. The molecule has 1 aromatic carbocycles. The molecule has 5 nitrogen and oxygen atoms in total. The van der Waals surface area contributed by atoms with E-state index in [0.717, 1.165) is 13.1 Å². The van der Waals surface area contributed by atoms with E-state index in [-0.39, 0.29) is 11.9 Å². The average molecular weight is 355 g/mol.